The van der Waals surface area contributed by atoms with Crippen molar-refractivity contribution in [2.45, 2.75) is 6.92 Å². The molecular formula is C12H16N2O2S2. The van der Waals surface area contributed by atoms with Gasteiger partial charge in [0.1, 0.15) is 0 Å². The number of aliphatic imine (C=N–C) groups is 1. The molecule has 0 amide bonds. The first-order chi connectivity index (χ1) is 8.46. The lowest BCUT2D eigenvalue weighted by Crippen LogP contribution is -2.26. The number of thioether (sulfide) groups is 1. The molecule has 0 bridgehead atoms. The molecule has 18 heavy (non-hydrogen) atoms. The van der Waals surface area contributed by atoms with E-state index < -0.39 is 10.0 Å². The minimum absolute atomic E-state index is 0.364. The summed E-state index contributed by atoms with van der Waals surface area (Å²) in [6, 6.07) is 7.59. The predicted molar refractivity (Wildman–Crippen MR) is 79.1 cm³/mol. The molecule has 0 aliphatic rings. The number of nitrogens with one attached hydrogen (secondary N) is 1. The largest absolute Gasteiger partial charge is 0.265 e. The molecular weight excluding hydrogens is 268 g/mol. The van der Waals surface area contributed by atoms with Crippen molar-refractivity contribution in [1.29, 1.82) is 0 Å². The van der Waals surface area contributed by atoms with E-state index in [2.05, 4.69) is 9.71 Å². The average molecular weight is 284 g/mol. The van der Waals surface area contributed by atoms with E-state index in [1.807, 2.05) is 31.2 Å². The number of rotatable bonds is 3. The van der Waals surface area contributed by atoms with Gasteiger partial charge in [0, 0.05) is 7.05 Å². The smallest absolute Gasteiger partial charge is 0.256 e. The van der Waals surface area contributed by atoms with Crippen molar-refractivity contribution >= 4 is 33.0 Å². The van der Waals surface area contributed by atoms with Crippen LogP contribution in [0.5, 0.6) is 0 Å². The first-order valence-corrected chi connectivity index (χ1v) is 8.02. The molecule has 0 unspecified atom stereocenters. The Balaban J connectivity index is 2.80. The van der Waals surface area contributed by atoms with Gasteiger partial charge in [0.2, 0.25) is 0 Å². The first-order valence-electron chi connectivity index (χ1n) is 5.25. The van der Waals surface area contributed by atoms with Crippen LogP contribution in [0.1, 0.15) is 11.1 Å². The quantitative estimate of drug-likeness (QED) is 0.684. The third-order valence-corrected chi connectivity index (χ3v) is 3.92. The van der Waals surface area contributed by atoms with Gasteiger partial charge in [0.05, 0.1) is 5.41 Å². The van der Waals surface area contributed by atoms with E-state index in [1.165, 1.54) is 18.8 Å². The molecule has 1 rings (SSSR count). The zero-order valence-electron chi connectivity index (χ0n) is 10.5. The molecule has 0 saturated carbocycles. The fraction of sp³-hybridized carbons (Fsp3) is 0.250. The van der Waals surface area contributed by atoms with Crippen molar-refractivity contribution in [3.8, 4) is 0 Å². The third-order valence-electron chi connectivity index (χ3n) is 2.14. The maximum atomic E-state index is 11.7. The Kier molecular flexibility index (Phi) is 5.43. The van der Waals surface area contributed by atoms with Crippen molar-refractivity contribution in [2.24, 2.45) is 4.99 Å². The van der Waals surface area contributed by atoms with Gasteiger partial charge in [-0.15, -0.1) is 0 Å². The van der Waals surface area contributed by atoms with Crippen molar-refractivity contribution < 1.29 is 8.42 Å². The van der Waals surface area contributed by atoms with Crippen LogP contribution in [0.15, 0.2) is 34.7 Å². The number of amidine groups is 1. The summed E-state index contributed by atoms with van der Waals surface area (Å²) in [6.07, 6.45) is 3.31. The van der Waals surface area contributed by atoms with Gasteiger partial charge in [-0.25, -0.2) is 8.42 Å². The van der Waals surface area contributed by atoms with Crippen LogP contribution in [0.25, 0.3) is 6.08 Å². The molecule has 1 aromatic rings. The Labute approximate surface area is 112 Å². The van der Waals surface area contributed by atoms with Gasteiger partial charge < -0.3 is 0 Å². The number of sulfonamides is 1. The monoisotopic (exact) mass is 284 g/mol. The SMILES string of the molecule is CN=C(NS(=O)(=O)C=Cc1ccc(C)cc1)SC. The molecule has 0 aliphatic carbocycles. The van der Waals surface area contributed by atoms with Crippen LogP contribution >= 0.6 is 11.8 Å². The summed E-state index contributed by atoms with van der Waals surface area (Å²) in [4.78, 5) is 3.81. The molecule has 4 nitrogen and oxygen atoms in total. The van der Waals surface area contributed by atoms with Crippen molar-refractivity contribution in [1.82, 2.24) is 4.72 Å². The maximum absolute atomic E-state index is 11.7. The molecule has 0 aromatic heterocycles. The van der Waals surface area contributed by atoms with E-state index in [0.717, 1.165) is 16.5 Å². The number of aryl methyl sites for hydroxylation is 1. The summed E-state index contributed by atoms with van der Waals surface area (Å²) >= 11 is 1.25. The molecule has 98 valence electrons. The summed E-state index contributed by atoms with van der Waals surface area (Å²) in [6.45, 7) is 1.98. The van der Waals surface area contributed by atoms with Crippen LogP contribution in [-0.4, -0.2) is 26.9 Å². The summed E-state index contributed by atoms with van der Waals surface area (Å²) < 4.78 is 25.8. The molecule has 0 radical (unpaired) electrons. The van der Waals surface area contributed by atoms with Crippen molar-refractivity contribution in [2.75, 3.05) is 13.3 Å². The first kappa shape index (κ1) is 14.8. The van der Waals surface area contributed by atoms with Crippen molar-refractivity contribution in [3.63, 3.8) is 0 Å². The van der Waals surface area contributed by atoms with Crippen LogP contribution in [0.2, 0.25) is 0 Å². The average Bonchev–Trinajstić information content (AvgIpc) is 2.35. The van der Waals surface area contributed by atoms with E-state index in [9.17, 15) is 8.42 Å². The highest BCUT2D eigenvalue weighted by molar-refractivity contribution is 8.14. The number of nitrogens with zero attached hydrogens (tertiary/aromatic N) is 1. The molecule has 1 aromatic carbocycles. The van der Waals surface area contributed by atoms with E-state index in [-0.39, 0.29) is 0 Å². The summed E-state index contributed by atoms with van der Waals surface area (Å²) in [5.41, 5.74) is 1.97. The second-order valence-electron chi connectivity index (χ2n) is 3.59. The topological polar surface area (TPSA) is 58.5 Å². The van der Waals surface area contributed by atoms with E-state index in [4.69, 9.17) is 0 Å². The Morgan fingerprint density at radius 1 is 1.33 bits per heavy atom. The van der Waals surface area contributed by atoms with Gasteiger partial charge >= 0.3 is 0 Å². The number of benzene rings is 1. The molecule has 6 heteroatoms. The van der Waals surface area contributed by atoms with E-state index >= 15 is 0 Å². The molecule has 0 saturated heterocycles. The minimum atomic E-state index is -3.50. The van der Waals surface area contributed by atoms with Crippen LogP contribution < -0.4 is 4.72 Å². The summed E-state index contributed by atoms with van der Waals surface area (Å²) in [5.74, 6) is 0. The molecule has 0 fully saturated rings. The van der Waals surface area contributed by atoms with Gasteiger partial charge in [-0.3, -0.25) is 9.71 Å². The van der Waals surface area contributed by atoms with Crippen LogP contribution in [0.3, 0.4) is 0 Å². The van der Waals surface area contributed by atoms with Gasteiger partial charge in [0.15, 0.2) is 5.17 Å². The van der Waals surface area contributed by atoms with Crippen LogP contribution in [-0.2, 0) is 10.0 Å². The molecule has 1 N–H and O–H groups in total. The fourth-order valence-corrected chi connectivity index (χ4v) is 2.78. The number of hydrogen-bond donors (Lipinski definition) is 1. The Bertz CT molecular complexity index is 546. The second kappa shape index (κ2) is 6.61. The Hall–Kier alpha value is -1.27. The van der Waals surface area contributed by atoms with Gasteiger partial charge in [-0.2, -0.15) is 0 Å². The van der Waals surface area contributed by atoms with E-state index in [1.54, 1.807) is 12.3 Å². The molecule has 0 heterocycles. The lowest BCUT2D eigenvalue weighted by Gasteiger charge is -2.03. The van der Waals surface area contributed by atoms with Crippen LogP contribution in [0.4, 0.5) is 0 Å². The molecule has 0 atom stereocenters. The Morgan fingerprint density at radius 2 is 1.94 bits per heavy atom. The highest BCUT2D eigenvalue weighted by Crippen LogP contribution is 2.06. The number of hydrogen-bond acceptors (Lipinski definition) is 4. The Morgan fingerprint density at radius 3 is 2.44 bits per heavy atom. The fourth-order valence-electron chi connectivity index (χ4n) is 1.18. The molecule has 0 spiro atoms. The van der Waals surface area contributed by atoms with Gasteiger partial charge in [-0.05, 0) is 24.8 Å². The standard InChI is InChI=1S/C12H16N2O2S2/c1-10-4-6-11(7-5-10)8-9-18(15,16)14-12(13-2)17-3/h4-9H,1-3H3,(H,13,14). The highest BCUT2D eigenvalue weighted by Gasteiger charge is 2.07. The lowest BCUT2D eigenvalue weighted by molar-refractivity contribution is 0.602. The van der Waals surface area contributed by atoms with Gasteiger partial charge in [0.25, 0.3) is 10.0 Å². The predicted octanol–water partition coefficient (Wildman–Crippen LogP) is 2.23. The van der Waals surface area contributed by atoms with Gasteiger partial charge in [-0.1, -0.05) is 41.6 Å². The molecule has 0 aliphatic heterocycles. The van der Waals surface area contributed by atoms with E-state index in [0.29, 0.717) is 5.17 Å². The normalized spacial score (nSPS) is 12.9. The zero-order chi connectivity index (χ0) is 13.6. The second-order valence-corrected chi connectivity index (χ2v) is 5.95. The minimum Gasteiger partial charge on any atom is -0.265 e. The summed E-state index contributed by atoms with van der Waals surface area (Å²) in [7, 11) is -1.96. The lowest BCUT2D eigenvalue weighted by atomic mass is 10.2. The summed E-state index contributed by atoms with van der Waals surface area (Å²) in [5, 5.41) is 1.50. The maximum Gasteiger partial charge on any atom is 0.256 e. The highest BCUT2D eigenvalue weighted by atomic mass is 32.2. The van der Waals surface area contributed by atoms with Crippen LogP contribution in [0, 0.1) is 6.92 Å². The zero-order valence-corrected chi connectivity index (χ0v) is 12.2. The van der Waals surface area contributed by atoms with Crippen molar-refractivity contribution in [3.05, 3.63) is 40.8 Å². The third kappa shape index (κ3) is 4.93.